The minimum Gasteiger partial charge on any atom is -0.372 e. The van der Waals surface area contributed by atoms with Crippen molar-refractivity contribution in [3.63, 3.8) is 0 Å². The number of benzene rings is 2. The van der Waals surface area contributed by atoms with E-state index in [0.717, 1.165) is 31.2 Å². The van der Waals surface area contributed by atoms with Crippen molar-refractivity contribution >= 4 is 11.6 Å². The van der Waals surface area contributed by atoms with Gasteiger partial charge in [-0.3, -0.25) is 9.67 Å². The lowest BCUT2D eigenvalue weighted by Crippen LogP contribution is -2.38. The molecule has 2 aromatic carbocycles. The summed E-state index contributed by atoms with van der Waals surface area (Å²) in [6, 6.07) is 19.4. The first-order valence-corrected chi connectivity index (χ1v) is 11.1. The number of anilines is 1. The molecule has 3 aromatic rings. The van der Waals surface area contributed by atoms with Gasteiger partial charge in [-0.05, 0) is 43.0 Å². The number of guanidine groups is 1. The van der Waals surface area contributed by atoms with E-state index in [-0.39, 0.29) is 6.04 Å². The Hall–Kier alpha value is -3.28. The third-order valence-corrected chi connectivity index (χ3v) is 5.75. The molecule has 4 rings (SSSR count). The largest absolute Gasteiger partial charge is 0.372 e. The standard InChI is InChI=1S/C25H32N6/c1-20(23-11-8-12-24(15-23)30-13-6-7-14-30)29-25(26-2)27-16-22-17-28-31(19-22)18-21-9-4-3-5-10-21/h3-5,8-12,15,17,19-20H,6-7,13-14,16,18H2,1-2H3,(H2,26,27,29). The number of nitrogens with zero attached hydrogens (tertiary/aromatic N) is 4. The zero-order valence-corrected chi connectivity index (χ0v) is 18.5. The average molecular weight is 417 g/mol. The molecule has 6 heteroatoms. The Morgan fingerprint density at radius 1 is 1.06 bits per heavy atom. The number of aliphatic imine (C=N–C) groups is 1. The molecule has 0 bridgehead atoms. The first-order valence-electron chi connectivity index (χ1n) is 11.1. The van der Waals surface area contributed by atoms with Crippen molar-refractivity contribution in [2.45, 2.75) is 38.9 Å². The summed E-state index contributed by atoms with van der Waals surface area (Å²) in [6.07, 6.45) is 6.56. The fourth-order valence-electron chi connectivity index (χ4n) is 3.99. The van der Waals surface area contributed by atoms with Crippen molar-refractivity contribution in [2.75, 3.05) is 25.0 Å². The molecule has 1 unspecified atom stereocenters. The highest BCUT2D eigenvalue weighted by Gasteiger charge is 2.14. The highest BCUT2D eigenvalue weighted by Crippen LogP contribution is 2.23. The van der Waals surface area contributed by atoms with Gasteiger partial charge in [-0.25, -0.2) is 0 Å². The van der Waals surface area contributed by atoms with Crippen LogP contribution in [-0.2, 0) is 13.1 Å². The monoisotopic (exact) mass is 416 g/mol. The normalized spacial score (nSPS) is 15.2. The zero-order valence-electron chi connectivity index (χ0n) is 18.5. The molecule has 1 atom stereocenters. The summed E-state index contributed by atoms with van der Waals surface area (Å²) in [5.41, 5.74) is 4.95. The van der Waals surface area contributed by atoms with E-state index in [9.17, 15) is 0 Å². The molecular formula is C25H32N6. The molecule has 2 N–H and O–H groups in total. The molecule has 1 aliphatic rings. The van der Waals surface area contributed by atoms with Crippen LogP contribution >= 0.6 is 0 Å². The summed E-state index contributed by atoms with van der Waals surface area (Å²) in [7, 11) is 1.81. The lowest BCUT2D eigenvalue weighted by atomic mass is 10.1. The second-order valence-electron chi connectivity index (χ2n) is 8.11. The minimum absolute atomic E-state index is 0.162. The van der Waals surface area contributed by atoms with E-state index < -0.39 is 0 Å². The van der Waals surface area contributed by atoms with Crippen molar-refractivity contribution in [1.82, 2.24) is 20.4 Å². The topological polar surface area (TPSA) is 57.5 Å². The van der Waals surface area contributed by atoms with Crippen LogP contribution < -0.4 is 15.5 Å². The molecule has 0 spiro atoms. The van der Waals surface area contributed by atoms with E-state index in [1.165, 1.54) is 29.7 Å². The quantitative estimate of drug-likeness (QED) is 0.452. The van der Waals surface area contributed by atoms with Crippen molar-refractivity contribution < 1.29 is 0 Å². The second kappa shape index (κ2) is 10.2. The summed E-state index contributed by atoms with van der Waals surface area (Å²) in [5.74, 6) is 0.787. The fourth-order valence-corrected chi connectivity index (χ4v) is 3.99. The van der Waals surface area contributed by atoms with Gasteiger partial charge in [0, 0.05) is 44.1 Å². The van der Waals surface area contributed by atoms with Crippen molar-refractivity contribution in [2.24, 2.45) is 4.99 Å². The maximum atomic E-state index is 4.48. The van der Waals surface area contributed by atoms with Gasteiger partial charge in [0.1, 0.15) is 0 Å². The Balaban J connectivity index is 1.31. The predicted molar refractivity (Wildman–Crippen MR) is 127 cm³/mol. The van der Waals surface area contributed by atoms with Gasteiger partial charge in [-0.2, -0.15) is 5.10 Å². The van der Waals surface area contributed by atoms with E-state index in [0.29, 0.717) is 6.54 Å². The van der Waals surface area contributed by atoms with Crippen molar-refractivity contribution in [3.8, 4) is 0 Å². The Labute approximate surface area is 185 Å². The minimum atomic E-state index is 0.162. The SMILES string of the molecule is CN=C(NCc1cnn(Cc2ccccc2)c1)NC(C)c1cccc(N2CCCC2)c1. The highest BCUT2D eigenvalue weighted by molar-refractivity contribution is 5.80. The molecule has 31 heavy (non-hydrogen) atoms. The summed E-state index contributed by atoms with van der Waals surface area (Å²) < 4.78 is 1.97. The van der Waals surface area contributed by atoms with Gasteiger partial charge in [0.15, 0.2) is 5.96 Å². The van der Waals surface area contributed by atoms with E-state index in [4.69, 9.17) is 0 Å². The van der Waals surface area contributed by atoms with Crippen molar-refractivity contribution in [1.29, 1.82) is 0 Å². The number of hydrogen-bond acceptors (Lipinski definition) is 3. The number of aromatic nitrogens is 2. The van der Waals surface area contributed by atoms with Crippen LogP contribution in [0.4, 0.5) is 5.69 Å². The molecule has 6 nitrogen and oxygen atoms in total. The van der Waals surface area contributed by atoms with E-state index >= 15 is 0 Å². The van der Waals surface area contributed by atoms with Crippen LogP contribution in [-0.4, -0.2) is 35.9 Å². The molecular weight excluding hydrogens is 384 g/mol. The first-order chi connectivity index (χ1) is 15.2. The van der Waals surface area contributed by atoms with Crippen molar-refractivity contribution in [3.05, 3.63) is 83.7 Å². The lowest BCUT2D eigenvalue weighted by Gasteiger charge is -2.22. The maximum Gasteiger partial charge on any atom is 0.191 e. The summed E-state index contributed by atoms with van der Waals surface area (Å²) in [6.45, 7) is 5.94. The van der Waals surface area contributed by atoms with Gasteiger partial charge < -0.3 is 15.5 Å². The van der Waals surface area contributed by atoms with Gasteiger partial charge >= 0.3 is 0 Å². The number of rotatable bonds is 7. The molecule has 1 aliphatic heterocycles. The smallest absolute Gasteiger partial charge is 0.191 e. The van der Waals surface area contributed by atoms with Crippen LogP contribution in [0.3, 0.4) is 0 Å². The van der Waals surface area contributed by atoms with Crippen LogP contribution in [0.5, 0.6) is 0 Å². The van der Waals surface area contributed by atoms with E-state index in [1.807, 2.05) is 24.0 Å². The Morgan fingerprint density at radius 3 is 2.65 bits per heavy atom. The highest BCUT2D eigenvalue weighted by atomic mass is 15.3. The molecule has 0 aliphatic carbocycles. The van der Waals surface area contributed by atoms with Gasteiger partial charge in [-0.15, -0.1) is 0 Å². The third kappa shape index (κ3) is 5.66. The second-order valence-corrected chi connectivity index (χ2v) is 8.11. The lowest BCUT2D eigenvalue weighted by molar-refractivity contribution is 0.680. The van der Waals surface area contributed by atoms with Crippen LogP contribution in [0.1, 0.15) is 42.5 Å². The molecule has 0 saturated carbocycles. The first kappa shape index (κ1) is 21.0. The molecule has 1 saturated heterocycles. The molecule has 1 fully saturated rings. The molecule has 0 radical (unpaired) electrons. The number of nitrogens with one attached hydrogen (secondary N) is 2. The van der Waals surface area contributed by atoms with Gasteiger partial charge in [0.25, 0.3) is 0 Å². The maximum absolute atomic E-state index is 4.48. The van der Waals surface area contributed by atoms with E-state index in [1.54, 1.807) is 0 Å². The van der Waals surface area contributed by atoms with E-state index in [2.05, 4.69) is 87.3 Å². The summed E-state index contributed by atoms with van der Waals surface area (Å²) >= 11 is 0. The molecule has 0 amide bonds. The average Bonchev–Trinajstić information content (AvgIpc) is 3.50. The Morgan fingerprint density at radius 2 is 1.87 bits per heavy atom. The third-order valence-electron chi connectivity index (χ3n) is 5.75. The fraction of sp³-hybridized carbons (Fsp3) is 0.360. The molecule has 162 valence electrons. The van der Waals surface area contributed by atoms with Gasteiger partial charge in [-0.1, -0.05) is 42.5 Å². The van der Waals surface area contributed by atoms with Gasteiger partial charge in [0.2, 0.25) is 0 Å². The molecule has 2 heterocycles. The summed E-state index contributed by atoms with van der Waals surface area (Å²) in [5, 5.41) is 11.4. The zero-order chi connectivity index (χ0) is 21.5. The van der Waals surface area contributed by atoms with Crippen LogP contribution in [0.15, 0.2) is 72.0 Å². The van der Waals surface area contributed by atoms with Gasteiger partial charge in [0.05, 0.1) is 18.8 Å². The molecule has 1 aromatic heterocycles. The van der Waals surface area contributed by atoms with Crippen LogP contribution in [0.2, 0.25) is 0 Å². The summed E-state index contributed by atoms with van der Waals surface area (Å²) in [4.78, 5) is 6.87. The number of hydrogen-bond donors (Lipinski definition) is 2. The van der Waals surface area contributed by atoms with Crippen LogP contribution in [0.25, 0.3) is 0 Å². The Kier molecular flexibility index (Phi) is 6.87. The predicted octanol–water partition coefficient (Wildman–Crippen LogP) is 3.96. The van der Waals surface area contributed by atoms with Crippen LogP contribution in [0, 0.1) is 0 Å². The Bertz CT molecular complexity index is 988.